The fourth-order valence-electron chi connectivity index (χ4n) is 3.41. The molecule has 1 unspecified atom stereocenters. The number of amides is 1. The molecule has 1 aromatic carbocycles. The predicted octanol–water partition coefficient (Wildman–Crippen LogP) is 3.18. The van der Waals surface area contributed by atoms with E-state index in [2.05, 4.69) is 20.1 Å². The van der Waals surface area contributed by atoms with Gasteiger partial charge in [-0.05, 0) is 63.8 Å². The van der Waals surface area contributed by atoms with Gasteiger partial charge in [-0.1, -0.05) is 0 Å². The molecule has 1 aliphatic carbocycles. The minimum Gasteiger partial charge on any atom is -0.444 e. The number of hydrogen-bond donors (Lipinski definition) is 2. The van der Waals surface area contributed by atoms with E-state index in [0.717, 1.165) is 44.7 Å². The van der Waals surface area contributed by atoms with Gasteiger partial charge in [0.05, 0.1) is 12.6 Å². The molecule has 0 spiro atoms. The Morgan fingerprint density at radius 3 is 2.37 bits per heavy atom. The summed E-state index contributed by atoms with van der Waals surface area (Å²) in [5, 5.41) is 2.95. The molecule has 1 saturated carbocycles. The van der Waals surface area contributed by atoms with Gasteiger partial charge in [0.1, 0.15) is 11.4 Å². The highest BCUT2D eigenvalue weighted by Crippen LogP contribution is 2.33. The van der Waals surface area contributed by atoms with Crippen molar-refractivity contribution in [3.05, 3.63) is 30.1 Å². The maximum Gasteiger partial charge on any atom is 0.407 e. The molecule has 7 nitrogen and oxygen atoms in total. The normalized spacial score (nSPS) is 18.5. The molecular formula is C21H33FIN5O2. The predicted molar refractivity (Wildman–Crippen MR) is 128 cm³/mol. The average molecular weight is 533 g/mol. The number of nitrogens with two attached hydrogens (primary N) is 1. The third kappa shape index (κ3) is 7.48. The molecule has 1 aromatic rings. The second kappa shape index (κ2) is 10.5. The molecule has 9 heteroatoms. The zero-order valence-corrected chi connectivity index (χ0v) is 20.3. The van der Waals surface area contributed by atoms with Gasteiger partial charge >= 0.3 is 6.09 Å². The zero-order valence-electron chi connectivity index (χ0n) is 17.9. The molecule has 1 aliphatic heterocycles. The Balaban J connectivity index is 0.00000320. The van der Waals surface area contributed by atoms with Crippen molar-refractivity contribution in [3.8, 4) is 0 Å². The summed E-state index contributed by atoms with van der Waals surface area (Å²) in [4.78, 5) is 20.9. The lowest BCUT2D eigenvalue weighted by atomic mass is 10.2. The highest BCUT2D eigenvalue weighted by molar-refractivity contribution is 14.0. The van der Waals surface area contributed by atoms with Crippen molar-refractivity contribution in [2.75, 3.05) is 37.6 Å². The van der Waals surface area contributed by atoms with Gasteiger partial charge in [0.15, 0.2) is 5.96 Å². The summed E-state index contributed by atoms with van der Waals surface area (Å²) in [6.07, 6.45) is 1.77. The van der Waals surface area contributed by atoms with Gasteiger partial charge in [-0.15, -0.1) is 24.0 Å². The first-order chi connectivity index (χ1) is 13.7. The van der Waals surface area contributed by atoms with Gasteiger partial charge in [-0.3, -0.25) is 4.99 Å². The number of ether oxygens (including phenoxy) is 1. The van der Waals surface area contributed by atoms with Crippen LogP contribution >= 0.6 is 24.0 Å². The van der Waals surface area contributed by atoms with E-state index in [-0.39, 0.29) is 35.8 Å². The van der Waals surface area contributed by atoms with E-state index < -0.39 is 11.7 Å². The molecule has 3 rings (SSSR count). The Kier molecular flexibility index (Phi) is 8.57. The fraction of sp³-hybridized carbons (Fsp3) is 0.619. The fourth-order valence-corrected chi connectivity index (χ4v) is 3.41. The van der Waals surface area contributed by atoms with Crippen LogP contribution in [0, 0.1) is 11.7 Å². The van der Waals surface area contributed by atoms with Crippen LogP contribution in [0.1, 0.15) is 33.6 Å². The summed E-state index contributed by atoms with van der Waals surface area (Å²) in [6.45, 7) is 9.09. The standard InChI is InChI=1S/C21H32FN5O2.HI/c1-21(2,3)29-20(28)25-18(15-4-5-15)14-24-19(23)27-12-10-26(11-13-27)17-8-6-16(22)7-9-17;/h6-9,15,18H,4-5,10-14H2,1-3H3,(H2,23,24)(H,25,28);1H. The number of hydrogen-bond acceptors (Lipinski definition) is 4. The van der Waals surface area contributed by atoms with E-state index >= 15 is 0 Å². The van der Waals surface area contributed by atoms with Gasteiger partial charge in [-0.25, -0.2) is 9.18 Å². The van der Waals surface area contributed by atoms with E-state index in [1.54, 1.807) is 12.1 Å². The zero-order chi connectivity index (χ0) is 21.0. The van der Waals surface area contributed by atoms with E-state index in [0.29, 0.717) is 18.4 Å². The quantitative estimate of drug-likeness (QED) is 0.345. The van der Waals surface area contributed by atoms with Crippen LogP contribution in [0.5, 0.6) is 0 Å². The van der Waals surface area contributed by atoms with Crippen LogP contribution in [-0.4, -0.2) is 61.3 Å². The molecular weight excluding hydrogens is 500 g/mol. The summed E-state index contributed by atoms with van der Waals surface area (Å²) in [5.74, 6) is 0.712. The van der Waals surface area contributed by atoms with Gasteiger partial charge in [0.2, 0.25) is 0 Å². The molecule has 0 bridgehead atoms. The highest BCUT2D eigenvalue weighted by atomic mass is 127. The molecule has 30 heavy (non-hydrogen) atoms. The summed E-state index contributed by atoms with van der Waals surface area (Å²) >= 11 is 0. The van der Waals surface area contributed by atoms with E-state index in [1.807, 2.05) is 20.8 Å². The first kappa shape index (κ1) is 24.5. The van der Waals surface area contributed by atoms with Crippen LogP contribution in [0.4, 0.5) is 14.9 Å². The Morgan fingerprint density at radius 2 is 1.83 bits per heavy atom. The molecule has 1 atom stereocenters. The smallest absolute Gasteiger partial charge is 0.407 e. The Bertz CT molecular complexity index is 726. The topological polar surface area (TPSA) is 83.2 Å². The second-order valence-electron chi connectivity index (χ2n) is 8.74. The number of nitrogens with zero attached hydrogens (tertiary/aromatic N) is 3. The van der Waals surface area contributed by atoms with Crippen molar-refractivity contribution in [3.63, 3.8) is 0 Å². The van der Waals surface area contributed by atoms with Crippen molar-refractivity contribution < 1.29 is 13.9 Å². The molecule has 2 aliphatic rings. The Labute approximate surface area is 195 Å². The number of benzene rings is 1. The number of piperazine rings is 1. The number of carbonyl (C=O) groups is 1. The molecule has 0 aromatic heterocycles. The lowest BCUT2D eigenvalue weighted by Gasteiger charge is -2.36. The van der Waals surface area contributed by atoms with Gasteiger partial charge < -0.3 is 25.6 Å². The first-order valence-electron chi connectivity index (χ1n) is 10.3. The van der Waals surface area contributed by atoms with Gasteiger partial charge in [0.25, 0.3) is 0 Å². The summed E-state index contributed by atoms with van der Waals surface area (Å²) in [5.41, 5.74) is 6.71. The largest absolute Gasteiger partial charge is 0.444 e. The number of anilines is 1. The highest BCUT2D eigenvalue weighted by Gasteiger charge is 2.33. The monoisotopic (exact) mass is 533 g/mol. The molecule has 3 N–H and O–H groups in total. The second-order valence-corrected chi connectivity index (χ2v) is 8.74. The molecule has 2 fully saturated rings. The SMILES string of the molecule is CC(C)(C)OC(=O)NC(CN=C(N)N1CCN(c2ccc(F)cc2)CC1)C1CC1.I. The maximum absolute atomic E-state index is 13.1. The van der Waals surface area contributed by atoms with Crippen molar-refractivity contribution in [1.82, 2.24) is 10.2 Å². The van der Waals surface area contributed by atoms with E-state index in [1.165, 1.54) is 12.1 Å². The van der Waals surface area contributed by atoms with E-state index in [4.69, 9.17) is 10.5 Å². The van der Waals surface area contributed by atoms with Crippen molar-refractivity contribution in [2.45, 2.75) is 45.3 Å². The van der Waals surface area contributed by atoms with Crippen LogP contribution in [0.25, 0.3) is 0 Å². The van der Waals surface area contributed by atoms with Gasteiger partial charge in [0, 0.05) is 31.9 Å². The summed E-state index contributed by atoms with van der Waals surface area (Å²) in [6, 6.07) is 6.50. The minimum atomic E-state index is -0.523. The number of carbonyl (C=O) groups excluding carboxylic acids is 1. The van der Waals surface area contributed by atoms with Crippen molar-refractivity contribution >= 4 is 41.7 Å². The van der Waals surface area contributed by atoms with Crippen LogP contribution in [0.2, 0.25) is 0 Å². The van der Waals surface area contributed by atoms with Crippen LogP contribution in [0.3, 0.4) is 0 Å². The number of guanidine groups is 1. The molecule has 1 amide bonds. The van der Waals surface area contributed by atoms with Crippen molar-refractivity contribution in [2.24, 2.45) is 16.6 Å². The number of nitrogens with one attached hydrogen (secondary N) is 1. The number of alkyl carbamates (subject to hydrolysis) is 1. The third-order valence-electron chi connectivity index (χ3n) is 5.14. The molecule has 0 radical (unpaired) electrons. The molecule has 1 saturated heterocycles. The summed E-state index contributed by atoms with van der Waals surface area (Å²) in [7, 11) is 0. The first-order valence-corrected chi connectivity index (χ1v) is 10.3. The Morgan fingerprint density at radius 1 is 1.23 bits per heavy atom. The molecule has 168 valence electrons. The maximum atomic E-state index is 13.1. The average Bonchev–Trinajstić information content (AvgIpc) is 3.49. The molecule has 1 heterocycles. The van der Waals surface area contributed by atoms with Crippen LogP contribution in [0.15, 0.2) is 29.3 Å². The minimum absolute atomic E-state index is 0. The summed E-state index contributed by atoms with van der Waals surface area (Å²) < 4.78 is 18.5. The van der Waals surface area contributed by atoms with Crippen LogP contribution < -0.4 is 16.0 Å². The van der Waals surface area contributed by atoms with Crippen LogP contribution in [-0.2, 0) is 4.74 Å². The number of aliphatic imine (C=N–C) groups is 1. The lowest BCUT2D eigenvalue weighted by molar-refractivity contribution is 0.0500. The number of rotatable bonds is 5. The van der Waals surface area contributed by atoms with Gasteiger partial charge in [-0.2, -0.15) is 0 Å². The van der Waals surface area contributed by atoms with E-state index in [9.17, 15) is 9.18 Å². The van der Waals surface area contributed by atoms with Crippen molar-refractivity contribution in [1.29, 1.82) is 0 Å². The number of halogens is 2. The third-order valence-corrected chi connectivity index (χ3v) is 5.14. The Hall–Kier alpha value is -1.78. The lowest BCUT2D eigenvalue weighted by Crippen LogP contribution is -2.51.